The summed E-state index contributed by atoms with van der Waals surface area (Å²) in [5, 5.41) is 3.33. The number of hydrogen-bond donors (Lipinski definition) is 3. The van der Waals surface area contributed by atoms with Crippen LogP contribution in [0.15, 0.2) is 47.3 Å². The molecule has 1 amide bonds. The van der Waals surface area contributed by atoms with E-state index in [1.807, 2.05) is 43.3 Å². The first-order valence-electron chi connectivity index (χ1n) is 8.44. The molecule has 0 bridgehead atoms. The number of amides is 1. The number of fused-ring (bicyclic) bond motifs is 1. The fourth-order valence-corrected chi connectivity index (χ4v) is 2.93. The molecule has 0 saturated heterocycles. The summed E-state index contributed by atoms with van der Waals surface area (Å²) in [5.41, 5.74) is 8.11. The predicted molar refractivity (Wildman–Crippen MR) is 104 cm³/mol. The molecule has 3 aromatic rings. The monoisotopic (exact) mass is 351 g/mol. The summed E-state index contributed by atoms with van der Waals surface area (Å²) in [7, 11) is 1.60. The second kappa shape index (κ2) is 7.31. The molecule has 0 atom stereocenters. The van der Waals surface area contributed by atoms with Crippen LogP contribution in [-0.4, -0.2) is 24.5 Å². The van der Waals surface area contributed by atoms with Gasteiger partial charge in [-0.3, -0.25) is 9.59 Å². The standard InChI is InChI=1S/C20H21N3O3/c1-3-10-22-19(24)16-17(21)15-9-5-8-14(18(15)23-20(16)25)12-6-4-7-13(11-12)26-2/h4-9,11H,3,10H2,1-2H3,(H,22,24)(H3,21,23,25). The van der Waals surface area contributed by atoms with Gasteiger partial charge in [0, 0.05) is 17.5 Å². The maximum Gasteiger partial charge on any atom is 0.263 e. The van der Waals surface area contributed by atoms with Crippen molar-refractivity contribution in [3.8, 4) is 16.9 Å². The van der Waals surface area contributed by atoms with Crippen LogP contribution in [-0.2, 0) is 0 Å². The van der Waals surface area contributed by atoms with Crippen LogP contribution in [0.2, 0.25) is 0 Å². The minimum atomic E-state index is -0.501. The zero-order chi connectivity index (χ0) is 18.7. The van der Waals surface area contributed by atoms with Crippen molar-refractivity contribution in [3.05, 3.63) is 58.4 Å². The Morgan fingerprint density at radius 3 is 2.73 bits per heavy atom. The molecule has 0 aliphatic heterocycles. The van der Waals surface area contributed by atoms with Crippen LogP contribution < -0.4 is 21.3 Å². The lowest BCUT2D eigenvalue weighted by molar-refractivity contribution is 0.0953. The van der Waals surface area contributed by atoms with Gasteiger partial charge in [-0.15, -0.1) is 0 Å². The number of nitrogens with one attached hydrogen (secondary N) is 2. The number of nitrogen functional groups attached to an aromatic ring is 1. The third kappa shape index (κ3) is 3.13. The summed E-state index contributed by atoms with van der Waals surface area (Å²) >= 11 is 0. The lowest BCUT2D eigenvalue weighted by Gasteiger charge is -2.12. The molecule has 2 aromatic carbocycles. The van der Waals surface area contributed by atoms with Gasteiger partial charge in [0.15, 0.2) is 0 Å². The number of aromatic amines is 1. The van der Waals surface area contributed by atoms with Crippen molar-refractivity contribution < 1.29 is 9.53 Å². The van der Waals surface area contributed by atoms with Gasteiger partial charge in [0.25, 0.3) is 11.5 Å². The second-order valence-corrected chi connectivity index (χ2v) is 5.96. The maximum atomic E-state index is 12.5. The molecular weight excluding hydrogens is 330 g/mol. The van der Waals surface area contributed by atoms with E-state index in [9.17, 15) is 9.59 Å². The van der Waals surface area contributed by atoms with Crippen molar-refractivity contribution in [1.82, 2.24) is 10.3 Å². The molecule has 0 aliphatic carbocycles. The Balaban J connectivity index is 2.20. The third-order valence-electron chi connectivity index (χ3n) is 4.23. The fraction of sp³-hybridized carbons (Fsp3) is 0.200. The molecule has 0 radical (unpaired) electrons. The van der Waals surface area contributed by atoms with Crippen molar-refractivity contribution in [3.63, 3.8) is 0 Å². The molecule has 3 rings (SSSR count). The molecule has 0 fully saturated rings. The molecule has 1 heterocycles. The van der Waals surface area contributed by atoms with E-state index in [1.165, 1.54) is 0 Å². The summed E-state index contributed by atoms with van der Waals surface area (Å²) < 4.78 is 5.27. The zero-order valence-electron chi connectivity index (χ0n) is 14.8. The van der Waals surface area contributed by atoms with Crippen molar-refractivity contribution in [2.75, 3.05) is 19.4 Å². The number of methoxy groups -OCH3 is 1. The molecule has 0 spiro atoms. The number of pyridine rings is 1. The summed E-state index contributed by atoms with van der Waals surface area (Å²) in [6, 6.07) is 13.1. The van der Waals surface area contributed by atoms with E-state index in [-0.39, 0.29) is 11.3 Å². The average Bonchev–Trinajstić information content (AvgIpc) is 2.66. The van der Waals surface area contributed by atoms with Gasteiger partial charge in [0.1, 0.15) is 11.3 Å². The van der Waals surface area contributed by atoms with Crippen LogP contribution in [0.5, 0.6) is 5.75 Å². The molecule has 134 valence electrons. The van der Waals surface area contributed by atoms with Gasteiger partial charge in [-0.2, -0.15) is 0 Å². The Bertz CT molecular complexity index is 1020. The van der Waals surface area contributed by atoms with Gasteiger partial charge in [0.05, 0.1) is 18.3 Å². The first-order chi connectivity index (χ1) is 12.6. The van der Waals surface area contributed by atoms with Gasteiger partial charge < -0.3 is 20.8 Å². The largest absolute Gasteiger partial charge is 0.497 e. The number of para-hydroxylation sites is 1. The lowest BCUT2D eigenvalue weighted by Crippen LogP contribution is -2.31. The Labute approximate surface area is 151 Å². The lowest BCUT2D eigenvalue weighted by atomic mass is 9.99. The number of carbonyl (C=O) groups is 1. The van der Waals surface area contributed by atoms with Crippen LogP contribution in [0.4, 0.5) is 5.69 Å². The first kappa shape index (κ1) is 17.5. The number of H-pyrrole nitrogens is 1. The van der Waals surface area contributed by atoms with E-state index in [0.717, 1.165) is 17.5 Å². The highest BCUT2D eigenvalue weighted by Gasteiger charge is 2.18. The summed E-state index contributed by atoms with van der Waals surface area (Å²) in [6.45, 7) is 2.42. The van der Waals surface area contributed by atoms with Crippen molar-refractivity contribution in [2.24, 2.45) is 0 Å². The highest BCUT2D eigenvalue weighted by atomic mass is 16.5. The maximum absolute atomic E-state index is 12.5. The molecule has 6 heteroatoms. The third-order valence-corrected chi connectivity index (χ3v) is 4.23. The smallest absolute Gasteiger partial charge is 0.263 e. The first-order valence-corrected chi connectivity index (χ1v) is 8.44. The van der Waals surface area contributed by atoms with Crippen LogP contribution in [0.3, 0.4) is 0 Å². The van der Waals surface area contributed by atoms with Crippen LogP contribution in [0.1, 0.15) is 23.7 Å². The van der Waals surface area contributed by atoms with E-state index >= 15 is 0 Å². The number of rotatable bonds is 5. The molecule has 4 N–H and O–H groups in total. The molecule has 0 saturated carbocycles. The van der Waals surface area contributed by atoms with E-state index in [4.69, 9.17) is 10.5 Å². The second-order valence-electron chi connectivity index (χ2n) is 5.96. The highest BCUT2D eigenvalue weighted by molar-refractivity contribution is 6.08. The number of carbonyl (C=O) groups excluding carboxylic acids is 1. The SMILES string of the molecule is CCCNC(=O)c1c(N)c2cccc(-c3cccc(OC)c3)c2[nH]c1=O. The van der Waals surface area contributed by atoms with Crippen molar-refractivity contribution in [2.45, 2.75) is 13.3 Å². The number of benzene rings is 2. The number of nitrogens with two attached hydrogens (primary N) is 1. The summed E-state index contributed by atoms with van der Waals surface area (Å²) in [6.07, 6.45) is 0.775. The fourth-order valence-electron chi connectivity index (χ4n) is 2.93. The van der Waals surface area contributed by atoms with Crippen LogP contribution >= 0.6 is 0 Å². The Morgan fingerprint density at radius 2 is 2.00 bits per heavy atom. The van der Waals surface area contributed by atoms with E-state index in [0.29, 0.717) is 23.2 Å². The Morgan fingerprint density at radius 1 is 1.23 bits per heavy atom. The van der Waals surface area contributed by atoms with Gasteiger partial charge in [-0.25, -0.2) is 0 Å². The topological polar surface area (TPSA) is 97.2 Å². The molecule has 26 heavy (non-hydrogen) atoms. The van der Waals surface area contributed by atoms with Gasteiger partial charge in [-0.05, 0) is 24.1 Å². The van der Waals surface area contributed by atoms with Gasteiger partial charge in [-0.1, -0.05) is 37.3 Å². The molecular formula is C20H21N3O3. The van der Waals surface area contributed by atoms with Crippen molar-refractivity contribution >= 4 is 22.5 Å². The van der Waals surface area contributed by atoms with Crippen molar-refractivity contribution in [1.29, 1.82) is 0 Å². The molecule has 0 aliphatic rings. The number of hydrogen-bond acceptors (Lipinski definition) is 4. The van der Waals surface area contributed by atoms with E-state index in [2.05, 4.69) is 10.3 Å². The molecule has 6 nitrogen and oxygen atoms in total. The highest BCUT2D eigenvalue weighted by Crippen LogP contribution is 2.31. The number of ether oxygens (including phenoxy) is 1. The minimum Gasteiger partial charge on any atom is -0.497 e. The predicted octanol–water partition coefficient (Wildman–Crippen LogP) is 2.93. The van der Waals surface area contributed by atoms with Gasteiger partial charge >= 0.3 is 0 Å². The Kier molecular flexibility index (Phi) is 4.93. The average molecular weight is 351 g/mol. The van der Waals surface area contributed by atoms with Crippen LogP contribution in [0.25, 0.3) is 22.0 Å². The zero-order valence-corrected chi connectivity index (χ0v) is 14.8. The van der Waals surface area contributed by atoms with Gasteiger partial charge in [0.2, 0.25) is 0 Å². The van der Waals surface area contributed by atoms with E-state index < -0.39 is 11.5 Å². The quantitative estimate of drug-likeness (QED) is 0.658. The van der Waals surface area contributed by atoms with E-state index in [1.54, 1.807) is 13.2 Å². The normalized spacial score (nSPS) is 10.7. The molecule has 1 aromatic heterocycles. The summed E-state index contributed by atoms with van der Waals surface area (Å²) in [5.74, 6) is 0.254. The summed E-state index contributed by atoms with van der Waals surface area (Å²) in [4.78, 5) is 27.7. The Hall–Kier alpha value is -3.28. The number of aromatic nitrogens is 1. The number of anilines is 1. The minimum absolute atomic E-state index is 0.0475. The molecule has 0 unspecified atom stereocenters. The van der Waals surface area contributed by atoms with Crippen LogP contribution in [0, 0.1) is 0 Å².